The minimum atomic E-state index is -0.697. The second kappa shape index (κ2) is 6.62. The molecular weight excluding hydrogens is 290 g/mol. The van der Waals surface area contributed by atoms with E-state index in [4.69, 9.17) is 11.6 Å². The van der Waals surface area contributed by atoms with Crippen LogP contribution < -0.4 is 5.32 Å². The van der Waals surface area contributed by atoms with Gasteiger partial charge in [0.1, 0.15) is 11.5 Å². The van der Waals surface area contributed by atoms with Crippen molar-refractivity contribution in [2.24, 2.45) is 0 Å². The number of aromatic nitrogens is 1. The van der Waals surface area contributed by atoms with Crippen molar-refractivity contribution >= 4 is 23.3 Å². The number of nitrogens with one attached hydrogen (secondary N) is 1. The first kappa shape index (κ1) is 16.0. The number of rotatable bonds is 3. The van der Waals surface area contributed by atoms with Crippen LogP contribution in [0.2, 0.25) is 5.02 Å². The fourth-order valence-electron chi connectivity index (χ4n) is 2.49. The van der Waals surface area contributed by atoms with Crippen molar-refractivity contribution in [2.75, 3.05) is 25.0 Å². The SMILES string of the molecule is CCNc1ccc(Cl)c(C(=O)N2CCCC(C)(O)CC2)n1. The number of likely N-dealkylation sites (tertiary alicyclic amines) is 1. The lowest BCUT2D eigenvalue weighted by atomic mass is 9.98. The predicted octanol–water partition coefficient (Wildman–Crippen LogP) is 2.54. The van der Waals surface area contributed by atoms with Gasteiger partial charge in [-0.2, -0.15) is 0 Å². The van der Waals surface area contributed by atoms with Gasteiger partial charge in [0.25, 0.3) is 5.91 Å². The zero-order valence-corrected chi connectivity index (χ0v) is 13.3. The summed E-state index contributed by atoms with van der Waals surface area (Å²) in [6.45, 7) is 5.66. The van der Waals surface area contributed by atoms with E-state index in [1.54, 1.807) is 17.0 Å². The Hall–Kier alpha value is -1.33. The van der Waals surface area contributed by atoms with Gasteiger partial charge < -0.3 is 15.3 Å². The van der Waals surface area contributed by atoms with Gasteiger partial charge in [0, 0.05) is 19.6 Å². The van der Waals surface area contributed by atoms with Gasteiger partial charge >= 0.3 is 0 Å². The van der Waals surface area contributed by atoms with Crippen LogP contribution in [0.3, 0.4) is 0 Å². The van der Waals surface area contributed by atoms with Crippen molar-refractivity contribution in [2.45, 2.75) is 38.7 Å². The van der Waals surface area contributed by atoms with Gasteiger partial charge in [-0.3, -0.25) is 4.79 Å². The van der Waals surface area contributed by atoms with Crippen molar-refractivity contribution in [1.82, 2.24) is 9.88 Å². The lowest BCUT2D eigenvalue weighted by Crippen LogP contribution is -2.34. The molecule has 0 aromatic carbocycles. The molecule has 0 radical (unpaired) electrons. The Balaban J connectivity index is 2.17. The third kappa shape index (κ3) is 4.08. The lowest BCUT2D eigenvalue weighted by molar-refractivity contribution is 0.0437. The molecule has 2 heterocycles. The van der Waals surface area contributed by atoms with Crippen LogP contribution in [0.5, 0.6) is 0 Å². The van der Waals surface area contributed by atoms with Gasteiger partial charge in [-0.15, -0.1) is 0 Å². The van der Waals surface area contributed by atoms with E-state index in [1.165, 1.54) is 0 Å². The highest BCUT2D eigenvalue weighted by Crippen LogP contribution is 2.24. The molecule has 5 nitrogen and oxygen atoms in total. The maximum atomic E-state index is 12.6. The van der Waals surface area contributed by atoms with Gasteiger partial charge in [-0.05, 0) is 45.2 Å². The van der Waals surface area contributed by atoms with Gasteiger partial charge in [0.2, 0.25) is 0 Å². The second-order valence-corrected chi connectivity index (χ2v) is 6.11. The van der Waals surface area contributed by atoms with Crippen LogP contribution in [0.1, 0.15) is 43.6 Å². The minimum Gasteiger partial charge on any atom is -0.390 e. The van der Waals surface area contributed by atoms with Gasteiger partial charge in [-0.1, -0.05) is 11.6 Å². The van der Waals surface area contributed by atoms with Crippen LogP contribution in [-0.4, -0.2) is 46.1 Å². The van der Waals surface area contributed by atoms with Crippen LogP contribution >= 0.6 is 11.6 Å². The first-order chi connectivity index (χ1) is 9.93. The number of aliphatic hydroxyl groups is 1. The van der Waals surface area contributed by atoms with E-state index < -0.39 is 5.60 Å². The van der Waals surface area contributed by atoms with E-state index in [0.717, 1.165) is 13.0 Å². The number of amides is 1. The Morgan fingerprint density at radius 1 is 1.48 bits per heavy atom. The third-order valence-electron chi connectivity index (χ3n) is 3.76. The second-order valence-electron chi connectivity index (χ2n) is 5.70. The number of hydrogen-bond donors (Lipinski definition) is 2. The molecule has 1 fully saturated rings. The first-order valence-electron chi connectivity index (χ1n) is 7.35. The van der Waals surface area contributed by atoms with Crippen molar-refractivity contribution in [3.8, 4) is 0 Å². The van der Waals surface area contributed by atoms with Crippen LogP contribution in [0.4, 0.5) is 5.82 Å². The summed E-state index contributed by atoms with van der Waals surface area (Å²) in [7, 11) is 0. The van der Waals surface area contributed by atoms with E-state index in [1.807, 2.05) is 13.8 Å². The number of hydrogen-bond acceptors (Lipinski definition) is 4. The number of pyridine rings is 1. The van der Waals surface area contributed by atoms with E-state index in [0.29, 0.717) is 36.8 Å². The highest BCUT2D eigenvalue weighted by Gasteiger charge is 2.28. The van der Waals surface area contributed by atoms with E-state index in [2.05, 4.69) is 10.3 Å². The Kier molecular flexibility index (Phi) is 5.06. The normalized spacial score (nSPS) is 22.8. The predicted molar refractivity (Wildman–Crippen MR) is 83.8 cm³/mol. The van der Waals surface area contributed by atoms with Crippen LogP contribution in [0.15, 0.2) is 12.1 Å². The van der Waals surface area contributed by atoms with Gasteiger partial charge in [0.15, 0.2) is 0 Å². The van der Waals surface area contributed by atoms with Crippen molar-refractivity contribution in [3.05, 3.63) is 22.8 Å². The number of anilines is 1. The number of carbonyl (C=O) groups excluding carboxylic acids is 1. The average Bonchev–Trinajstić information content (AvgIpc) is 2.61. The molecule has 0 spiro atoms. The molecule has 0 saturated carbocycles. The molecule has 1 unspecified atom stereocenters. The molecule has 1 atom stereocenters. The summed E-state index contributed by atoms with van der Waals surface area (Å²) in [6, 6.07) is 3.45. The number of nitrogens with zero attached hydrogens (tertiary/aromatic N) is 2. The fourth-order valence-corrected chi connectivity index (χ4v) is 2.67. The highest BCUT2D eigenvalue weighted by molar-refractivity contribution is 6.33. The number of carbonyl (C=O) groups is 1. The molecule has 1 aromatic rings. The Morgan fingerprint density at radius 2 is 2.24 bits per heavy atom. The van der Waals surface area contributed by atoms with Crippen LogP contribution in [0, 0.1) is 0 Å². The summed E-state index contributed by atoms with van der Waals surface area (Å²) < 4.78 is 0. The topological polar surface area (TPSA) is 65.5 Å². The molecule has 116 valence electrons. The zero-order valence-electron chi connectivity index (χ0n) is 12.5. The molecule has 1 aliphatic rings. The molecule has 2 N–H and O–H groups in total. The van der Waals surface area contributed by atoms with E-state index >= 15 is 0 Å². The van der Waals surface area contributed by atoms with Crippen molar-refractivity contribution in [3.63, 3.8) is 0 Å². The maximum absolute atomic E-state index is 12.6. The molecule has 1 saturated heterocycles. The molecule has 1 amide bonds. The molecule has 0 aliphatic carbocycles. The molecule has 21 heavy (non-hydrogen) atoms. The molecule has 1 aromatic heterocycles. The average molecular weight is 312 g/mol. The van der Waals surface area contributed by atoms with Crippen LogP contribution in [-0.2, 0) is 0 Å². The molecular formula is C15H22ClN3O2. The smallest absolute Gasteiger partial charge is 0.274 e. The van der Waals surface area contributed by atoms with E-state index in [9.17, 15) is 9.90 Å². The molecule has 1 aliphatic heterocycles. The zero-order chi connectivity index (χ0) is 15.5. The standard InChI is InChI=1S/C15H22ClN3O2/c1-3-17-12-6-5-11(16)13(18-12)14(20)19-9-4-7-15(2,21)8-10-19/h5-6,21H,3-4,7-10H2,1-2H3,(H,17,18). The van der Waals surface area contributed by atoms with Crippen LogP contribution in [0.25, 0.3) is 0 Å². The van der Waals surface area contributed by atoms with E-state index in [-0.39, 0.29) is 11.6 Å². The molecule has 0 bridgehead atoms. The maximum Gasteiger partial charge on any atom is 0.274 e. The Labute approximate surface area is 130 Å². The summed E-state index contributed by atoms with van der Waals surface area (Å²) in [5.74, 6) is 0.476. The summed E-state index contributed by atoms with van der Waals surface area (Å²) in [6.07, 6.45) is 2.06. The minimum absolute atomic E-state index is 0.169. The lowest BCUT2D eigenvalue weighted by Gasteiger charge is -2.22. The summed E-state index contributed by atoms with van der Waals surface area (Å²) in [5, 5.41) is 13.5. The van der Waals surface area contributed by atoms with Gasteiger partial charge in [0.05, 0.1) is 10.6 Å². The van der Waals surface area contributed by atoms with Crippen molar-refractivity contribution < 1.29 is 9.90 Å². The summed E-state index contributed by atoms with van der Waals surface area (Å²) >= 11 is 6.12. The Bertz CT molecular complexity index is 520. The Morgan fingerprint density at radius 3 is 2.95 bits per heavy atom. The summed E-state index contributed by atoms with van der Waals surface area (Å²) in [4.78, 5) is 18.6. The largest absolute Gasteiger partial charge is 0.390 e. The monoisotopic (exact) mass is 311 g/mol. The highest BCUT2D eigenvalue weighted by atomic mass is 35.5. The first-order valence-corrected chi connectivity index (χ1v) is 7.73. The fraction of sp³-hybridized carbons (Fsp3) is 0.600. The third-order valence-corrected chi connectivity index (χ3v) is 4.06. The quantitative estimate of drug-likeness (QED) is 0.900. The summed E-state index contributed by atoms with van der Waals surface area (Å²) in [5.41, 5.74) is -0.422. The number of halogens is 1. The van der Waals surface area contributed by atoms with Crippen molar-refractivity contribution in [1.29, 1.82) is 0 Å². The molecule has 2 rings (SSSR count). The molecule has 6 heteroatoms. The van der Waals surface area contributed by atoms with Gasteiger partial charge in [-0.25, -0.2) is 4.98 Å².